The van der Waals surface area contributed by atoms with Crippen LogP contribution in [0, 0.1) is 0 Å². The quantitative estimate of drug-likeness (QED) is 0.735. The Morgan fingerprint density at radius 3 is 2.94 bits per heavy atom. The third-order valence-electron chi connectivity index (χ3n) is 2.14. The van der Waals surface area contributed by atoms with Gasteiger partial charge in [0.25, 0.3) is 0 Å². The monoisotopic (exact) mass is 221 g/mol. The van der Waals surface area contributed by atoms with Crippen molar-refractivity contribution >= 4 is 5.91 Å². The van der Waals surface area contributed by atoms with Crippen molar-refractivity contribution in [1.29, 1.82) is 0 Å². The SMILES string of the molecule is C=CC(=O)NCCc1ccc(OC)c(O)c1. The van der Waals surface area contributed by atoms with E-state index in [0.29, 0.717) is 18.7 Å². The molecule has 4 heteroatoms. The molecule has 0 aliphatic carbocycles. The number of aromatic hydroxyl groups is 1. The summed E-state index contributed by atoms with van der Waals surface area (Å²) < 4.78 is 4.93. The van der Waals surface area contributed by atoms with Crippen molar-refractivity contribution in [2.75, 3.05) is 13.7 Å². The fourth-order valence-electron chi connectivity index (χ4n) is 1.29. The van der Waals surface area contributed by atoms with E-state index >= 15 is 0 Å². The van der Waals surface area contributed by atoms with E-state index in [1.807, 2.05) is 6.07 Å². The Hall–Kier alpha value is -1.97. The summed E-state index contributed by atoms with van der Waals surface area (Å²) in [7, 11) is 1.50. The minimum atomic E-state index is -0.197. The summed E-state index contributed by atoms with van der Waals surface area (Å²) in [5.74, 6) is 0.353. The van der Waals surface area contributed by atoms with Crippen molar-refractivity contribution in [3.63, 3.8) is 0 Å². The summed E-state index contributed by atoms with van der Waals surface area (Å²) >= 11 is 0. The van der Waals surface area contributed by atoms with Gasteiger partial charge in [-0.15, -0.1) is 0 Å². The molecule has 1 amide bonds. The molecule has 1 rings (SSSR count). The summed E-state index contributed by atoms with van der Waals surface area (Å²) in [6, 6.07) is 5.16. The van der Waals surface area contributed by atoms with Gasteiger partial charge in [-0.05, 0) is 30.2 Å². The average Bonchev–Trinajstić information content (AvgIpc) is 2.29. The zero-order chi connectivity index (χ0) is 12.0. The normalized spacial score (nSPS) is 9.56. The second-order valence-corrected chi connectivity index (χ2v) is 3.25. The largest absolute Gasteiger partial charge is 0.504 e. The number of methoxy groups -OCH3 is 1. The summed E-state index contributed by atoms with van der Waals surface area (Å²) in [6.07, 6.45) is 1.88. The molecule has 0 radical (unpaired) electrons. The van der Waals surface area contributed by atoms with Crippen LogP contribution in [0.25, 0.3) is 0 Å². The molecule has 0 saturated carbocycles. The Balaban J connectivity index is 2.52. The molecule has 0 aliphatic heterocycles. The van der Waals surface area contributed by atoms with Crippen molar-refractivity contribution in [3.05, 3.63) is 36.4 Å². The lowest BCUT2D eigenvalue weighted by atomic mass is 10.1. The minimum absolute atomic E-state index is 0.107. The molecule has 0 aliphatic rings. The maximum atomic E-state index is 10.9. The van der Waals surface area contributed by atoms with Gasteiger partial charge in [-0.1, -0.05) is 12.6 Å². The molecule has 0 unspecified atom stereocenters. The van der Waals surface area contributed by atoms with E-state index in [1.165, 1.54) is 13.2 Å². The molecule has 0 atom stereocenters. The number of hydrogen-bond acceptors (Lipinski definition) is 3. The van der Waals surface area contributed by atoms with Crippen LogP contribution in [0.4, 0.5) is 0 Å². The highest BCUT2D eigenvalue weighted by molar-refractivity contribution is 5.86. The molecule has 86 valence electrons. The number of carbonyl (C=O) groups excluding carboxylic acids is 1. The zero-order valence-corrected chi connectivity index (χ0v) is 9.19. The van der Waals surface area contributed by atoms with Gasteiger partial charge in [-0.3, -0.25) is 4.79 Å². The van der Waals surface area contributed by atoms with E-state index in [-0.39, 0.29) is 11.7 Å². The smallest absolute Gasteiger partial charge is 0.243 e. The van der Waals surface area contributed by atoms with E-state index in [2.05, 4.69) is 11.9 Å². The van der Waals surface area contributed by atoms with Crippen LogP contribution in [0.15, 0.2) is 30.9 Å². The van der Waals surface area contributed by atoms with Crippen molar-refractivity contribution in [2.24, 2.45) is 0 Å². The number of hydrogen-bond donors (Lipinski definition) is 2. The Morgan fingerprint density at radius 1 is 1.62 bits per heavy atom. The average molecular weight is 221 g/mol. The molecular formula is C12H15NO3. The van der Waals surface area contributed by atoms with E-state index in [1.54, 1.807) is 12.1 Å². The van der Waals surface area contributed by atoms with Crippen LogP contribution in [0.2, 0.25) is 0 Å². The standard InChI is InChI=1S/C12H15NO3/c1-3-12(15)13-7-6-9-4-5-11(16-2)10(14)8-9/h3-5,8,14H,1,6-7H2,2H3,(H,13,15). The van der Waals surface area contributed by atoms with Crippen LogP contribution in [-0.4, -0.2) is 24.7 Å². The van der Waals surface area contributed by atoms with Gasteiger partial charge in [0.15, 0.2) is 11.5 Å². The molecule has 0 heterocycles. The molecule has 0 aromatic heterocycles. The molecule has 4 nitrogen and oxygen atoms in total. The highest BCUT2D eigenvalue weighted by atomic mass is 16.5. The first-order valence-electron chi connectivity index (χ1n) is 4.93. The van der Waals surface area contributed by atoms with Gasteiger partial charge >= 0.3 is 0 Å². The lowest BCUT2D eigenvalue weighted by Crippen LogP contribution is -2.23. The summed E-state index contributed by atoms with van der Waals surface area (Å²) in [5, 5.41) is 12.2. The lowest BCUT2D eigenvalue weighted by molar-refractivity contribution is -0.116. The Labute approximate surface area is 94.6 Å². The molecule has 1 aromatic carbocycles. The van der Waals surface area contributed by atoms with Gasteiger partial charge in [0.1, 0.15) is 0 Å². The van der Waals surface area contributed by atoms with Gasteiger partial charge in [0.2, 0.25) is 5.91 Å². The van der Waals surface area contributed by atoms with Crippen LogP contribution >= 0.6 is 0 Å². The minimum Gasteiger partial charge on any atom is -0.504 e. The van der Waals surface area contributed by atoms with Gasteiger partial charge in [0.05, 0.1) is 7.11 Å². The second-order valence-electron chi connectivity index (χ2n) is 3.25. The number of phenolic OH excluding ortho intramolecular Hbond substituents is 1. The van der Waals surface area contributed by atoms with E-state index < -0.39 is 0 Å². The van der Waals surface area contributed by atoms with Crippen LogP contribution in [0.1, 0.15) is 5.56 Å². The van der Waals surface area contributed by atoms with Crippen LogP contribution in [-0.2, 0) is 11.2 Å². The zero-order valence-electron chi connectivity index (χ0n) is 9.19. The number of benzene rings is 1. The lowest BCUT2D eigenvalue weighted by Gasteiger charge is -2.06. The first-order valence-corrected chi connectivity index (χ1v) is 4.93. The van der Waals surface area contributed by atoms with Crippen molar-refractivity contribution < 1.29 is 14.6 Å². The number of rotatable bonds is 5. The fraction of sp³-hybridized carbons (Fsp3) is 0.250. The third-order valence-corrected chi connectivity index (χ3v) is 2.14. The van der Waals surface area contributed by atoms with Crippen LogP contribution < -0.4 is 10.1 Å². The Bertz CT molecular complexity index is 388. The number of nitrogens with one attached hydrogen (secondary N) is 1. The predicted octanol–water partition coefficient (Wildman–Crippen LogP) is 1.25. The van der Waals surface area contributed by atoms with Gasteiger partial charge in [-0.2, -0.15) is 0 Å². The summed E-state index contributed by atoms with van der Waals surface area (Å²) in [4.78, 5) is 10.9. The van der Waals surface area contributed by atoms with Gasteiger partial charge in [-0.25, -0.2) is 0 Å². The molecule has 1 aromatic rings. The predicted molar refractivity (Wildman–Crippen MR) is 61.6 cm³/mol. The third kappa shape index (κ3) is 3.31. The molecule has 0 fully saturated rings. The molecule has 0 spiro atoms. The molecule has 0 saturated heterocycles. The highest BCUT2D eigenvalue weighted by Crippen LogP contribution is 2.26. The Kier molecular flexibility index (Phi) is 4.39. The first-order chi connectivity index (χ1) is 7.67. The molecular weight excluding hydrogens is 206 g/mol. The van der Waals surface area contributed by atoms with Gasteiger partial charge < -0.3 is 15.2 Å². The number of phenols is 1. The number of ether oxygens (including phenoxy) is 1. The highest BCUT2D eigenvalue weighted by Gasteiger charge is 2.02. The summed E-state index contributed by atoms with van der Waals surface area (Å²) in [6.45, 7) is 3.87. The first kappa shape index (κ1) is 12.1. The van der Waals surface area contributed by atoms with E-state index in [9.17, 15) is 9.90 Å². The summed E-state index contributed by atoms with van der Waals surface area (Å²) in [5.41, 5.74) is 0.933. The van der Waals surface area contributed by atoms with Gasteiger partial charge in [0, 0.05) is 6.54 Å². The van der Waals surface area contributed by atoms with Crippen molar-refractivity contribution in [2.45, 2.75) is 6.42 Å². The van der Waals surface area contributed by atoms with Crippen molar-refractivity contribution in [1.82, 2.24) is 5.32 Å². The van der Waals surface area contributed by atoms with Crippen molar-refractivity contribution in [3.8, 4) is 11.5 Å². The second kappa shape index (κ2) is 5.80. The maximum Gasteiger partial charge on any atom is 0.243 e. The van der Waals surface area contributed by atoms with E-state index in [0.717, 1.165) is 5.56 Å². The number of carbonyl (C=O) groups is 1. The number of amides is 1. The Morgan fingerprint density at radius 2 is 2.38 bits per heavy atom. The molecule has 0 bridgehead atoms. The van der Waals surface area contributed by atoms with E-state index in [4.69, 9.17) is 4.74 Å². The van der Waals surface area contributed by atoms with Crippen LogP contribution in [0.5, 0.6) is 11.5 Å². The molecule has 16 heavy (non-hydrogen) atoms. The molecule has 2 N–H and O–H groups in total. The van der Waals surface area contributed by atoms with Crippen LogP contribution in [0.3, 0.4) is 0 Å². The topological polar surface area (TPSA) is 58.6 Å². The fourth-order valence-corrected chi connectivity index (χ4v) is 1.29. The maximum absolute atomic E-state index is 10.9.